The molecule has 2 aromatic rings. The SMILES string of the molecule is COCCn1cc(NC(=O)c2ccc(Cl)nn2)cn1. The first-order valence-electron chi connectivity index (χ1n) is 5.51. The second-order valence-electron chi connectivity index (χ2n) is 3.68. The van der Waals surface area contributed by atoms with Crippen molar-refractivity contribution < 1.29 is 9.53 Å². The summed E-state index contributed by atoms with van der Waals surface area (Å²) >= 11 is 5.60. The maximum absolute atomic E-state index is 11.8. The van der Waals surface area contributed by atoms with Crippen LogP contribution < -0.4 is 5.32 Å². The molecule has 0 aliphatic heterocycles. The fourth-order valence-electron chi connectivity index (χ4n) is 1.37. The zero-order valence-corrected chi connectivity index (χ0v) is 11.0. The van der Waals surface area contributed by atoms with E-state index in [2.05, 4.69) is 20.6 Å². The lowest BCUT2D eigenvalue weighted by molar-refractivity contribution is 0.102. The number of anilines is 1. The molecule has 2 rings (SSSR count). The zero-order chi connectivity index (χ0) is 13.7. The van der Waals surface area contributed by atoms with Crippen molar-refractivity contribution in [3.63, 3.8) is 0 Å². The molecule has 0 aliphatic rings. The number of aromatic nitrogens is 4. The third kappa shape index (κ3) is 3.73. The molecule has 100 valence electrons. The molecule has 7 nitrogen and oxygen atoms in total. The van der Waals surface area contributed by atoms with E-state index in [1.165, 1.54) is 12.1 Å². The van der Waals surface area contributed by atoms with E-state index in [1.54, 1.807) is 24.2 Å². The van der Waals surface area contributed by atoms with E-state index in [-0.39, 0.29) is 16.8 Å². The molecule has 19 heavy (non-hydrogen) atoms. The molecule has 2 heterocycles. The minimum atomic E-state index is -0.365. The van der Waals surface area contributed by atoms with E-state index in [9.17, 15) is 4.79 Å². The highest BCUT2D eigenvalue weighted by Gasteiger charge is 2.09. The molecule has 0 spiro atoms. The highest BCUT2D eigenvalue weighted by molar-refractivity contribution is 6.29. The first-order valence-corrected chi connectivity index (χ1v) is 5.89. The Hall–Kier alpha value is -1.99. The highest BCUT2D eigenvalue weighted by Crippen LogP contribution is 2.08. The van der Waals surface area contributed by atoms with E-state index >= 15 is 0 Å². The summed E-state index contributed by atoms with van der Waals surface area (Å²) < 4.78 is 6.61. The van der Waals surface area contributed by atoms with Gasteiger partial charge in [-0.1, -0.05) is 11.6 Å². The fraction of sp³-hybridized carbons (Fsp3) is 0.273. The topological polar surface area (TPSA) is 81.9 Å². The second-order valence-corrected chi connectivity index (χ2v) is 4.07. The van der Waals surface area contributed by atoms with Gasteiger partial charge >= 0.3 is 0 Å². The number of carbonyl (C=O) groups excluding carboxylic acids is 1. The van der Waals surface area contributed by atoms with E-state index < -0.39 is 0 Å². The van der Waals surface area contributed by atoms with Gasteiger partial charge in [-0.2, -0.15) is 5.10 Å². The van der Waals surface area contributed by atoms with Gasteiger partial charge in [-0.25, -0.2) is 0 Å². The van der Waals surface area contributed by atoms with Crippen molar-refractivity contribution in [2.24, 2.45) is 0 Å². The minimum absolute atomic E-state index is 0.189. The summed E-state index contributed by atoms with van der Waals surface area (Å²) in [5, 5.41) is 14.3. The highest BCUT2D eigenvalue weighted by atomic mass is 35.5. The van der Waals surface area contributed by atoms with Crippen LogP contribution in [0.1, 0.15) is 10.5 Å². The molecule has 0 aliphatic carbocycles. The van der Waals surface area contributed by atoms with Crippen LogP contribution in [0.25, 0.3) is 0 Å². The summed E-state index contributed by atoms with van der Waals surface area (Å²) in [4.78, 5) is 11.8. The average molecular weight is 282 g/mol. The predicted octanol–water partition coefficient (Wildman–Crippen LogP) is 1.23. The van der Waals surface area contributed by atoms with Crippen molar-refractivity contribution in [1.29, 1.82) is 0 Å². The summed E-state index contributed by atoms with van der Waals surface area (Å²) in [5.41, 5.74) is 0.770. The second kappa shape index (κ2) is 6.26. The number of carbonyl (C=O) groups is 1. The Morgan fingerprint density at radius 2 is 2.32 bits per heavy atom. The van der Waals surface area contributed by atoms with Crippen LogP contribution in [0.5, 0.6) is 0 Å². The van der Waals surface area contributed by atoms with Crippen molar-refractivity contribution in [3.8, 4) is 0 Å². The van der Waals surface area contributed by atoms with E-state index in [4.69, 9.17) is 16.3 Å². The fourth-order valence-corrected chi connectivity index (χ4v) is 1.47. The van der Waals surface area contributed by atoms with Gasteiger partial charge in [-0.15, -0.1) is 10.2 Å². The maximum atomic E-state index is 11.8. The number of rotatable bonds is 5. The van der Waals surface area contributed by atoms with Gasteiger partial charge < -0.3 is 10.1 Å². The number of hydrogen-bond acceptors (Lipinski definition) is 5. The van der Waals surface area contributed by atoms with Crippen molar-refractivity contribution in [2.75, 3.05) is 19.0 Å². The molecule has 0 atom stereocenters. The largest absolute Gasteiger partial charge is 0.383 e. The summed E-state index contributed by atoms with van der Waals surface area (Å²) in [7, 11) is 1.62. The van der Waals surface area contributed by atoms with Crippen molar-refractivity contribution >= 4 is 23.2 Å². The molecule has 0 saturated carbocycles. The molecular formula is C11H12ClN5O2. The molecule has 0 aromatic carbocycles. The summed E-state index contributed by atoms with van der Waals surface area (Å²) in [6.45, 7) is 1.17. The summed E-state index contributed by atoms with van der Waals surface area (Å²) in [6.07, 6.45) is 3.26. The quantitative estimate of drug-likeness (QED) is 0.891. The van der Waals surface area contributed by atoms with Crippen LogP contribution in [0.3, 0.4) is 0 Å². The standard InChI is InChI=1S/C11H12ClN5O2/c1-19-5-4-17-7-8(6-13-17)14-11(18)9-2-3-10(12)16-15-9/h2-3,6-7H,4-5H2,1H3,(H,14,18). The molecule has 1 amide bonds. The molecule has 1 N–H and O–H groups in total. The van der Waals surface area contributed by atoms with Gasteiger partial charge in [0.25, 0.3) is 5.91 Å². The van der Waals surface area contributed by atoms with Crippen LogP contribution in [0.4, 0.5) is 5.69 Å². The number of nitrogens with zero attached hydrogens (tertiary/aromatic N) is 4. The first kappa shape index (κ1) is 13.4. The molecule has 8 heteroatoms. The molecule has 2 aromatic heterocycles. The average Bonchev–Trinajstić information content (AvgIpc) is 2.84. The number of amides is 1. The predicted molar refractivity (Wildman–Crippen MR) is 69.1 cm³/mol. The van der Waals surface area contributed by atoms with Crippen LogP contribution in [0.15, 0.2) is 24.5 Å². The number of ether oxygens (including phenoxy) is 1. The lowest BCUT2D eigenvalue weighted by Crippen LogP contribution is -2.13. The third-order valence-electron chi connectivity index (χ3n) is 2.28. The molecule has 0 fully saturated rings. The number of hydrogen-bond donors (Lipinski definition) is 1. The monoisotopic (exact) mass is 281 g/mol. The lowest BCUT2D eigenvalue weighted by atomic mass is 10.3. The minimum Gasteiger partial charge on any atom is -0.383 e. The van der Waals surface area contributed by atoms with Gasteiger partial charge in [-0.3, -0.25) is 9.48 Å². The Bertz CT molecular complexity index is 554. The number of methoxy groups -OCH3 is 1. The molecule has 0 bridgehead atoms. The Morgan fingerprint density at radius 1 is 1.47 bits per heavy atom. The van der Waals surface area contributed by atoms with Crippen LogP contribution >= 0.6 is 11.6 Å². The third-order valence-corrected chi connectivity index (χ3v) is 2.48. The Morgan fingerprint density at radius 3 is 3.00 bits per heavy atom. The van der Waals surface area contributed by atoms with Gasteiger partial charge in [-0.05, 0) is 12.1 Å². The summed E-state index contributed by atoms with van der Waals surface area (Å²) in [6, 6.07) is 3.01. The Balaban J connectivity index is 1.98. The Labute approximate surface area is 114 Å². The summed E-state index contributed by atoms with van der Waals surface area (Å²) in [5.74, 6) is -0.365. The van der Waals surface area contributed by atoms with E-state index in [0.717, 1.165) is 0 Å². The van der Waals surface area contributed by atoms with Gasteiger partial charge in [0.05, 0.1) is 25.0 Å². The van der Waals surface area contributed by atoms with Gasteiger partial charge in [0.2, 0.25) is 0 Å². The molecular weight excluding hydrogens is 270 g/mol. The van der Waals surface area contributed by atoms with E-state index in [1.807, 2.05) is 0 Å². The number of nitrogens with one attached hydrogen (secondary N) is 1. The van der Waals surface area contributed by atoms with Crippen molar-refractivity contribution in [1.82, 2.24) is 20.0 Å². The molecule has 0 saturated heterocycles. The first-order chi connectivity index (χ1) is 9.19. The normalized spacial score (nSPS) is 10.4. The van der Waals surface area contributed by atoms with Gasteiger partial charge in [0.15, 0.2) is 10.8 Å². The molecule has 0 unspecified atom stereocenters. The van der Waals surface area contributed by atoms with Crippen LogP contribution in [-0.2, 0) is 11.3 Å². The maximum Gasteiger partial charge on any atom is 0.276 e. The Kier molecular flexibility index (Phi) is 4.43. The van der Waals surface area contributed by atoms with E-state index in [0.29, 0.717) is 18.8 Å². The lowest BCUT2D eigenvalue weighted by Gasteiger charge is -2.01. The zero-order valence-electron chi connectivity index (χ0n) is 10.2. The van der Waals surface area contributed by atoms with Crippen molar-refractivity contribution in [3.05, 3.63) is 35.4 Å². The van der Waals surface area contributed by atoms with Crippen LogP contribution in [0.2, 0.25) is 5.15 Å². The molecule has 0 radical (unpaired) electrons. The van der Waals surface area contributed by atoms with Crippen molar-refractivity contribution in [2.45, 2.75) is 6.54 Å². The van der Waals surface area contributed by atoms with Crippen LogP contribution in [-0.4, -0.2) is 39.6 Å². The van der Waals surface area contributed by atoms with Gasteiger partial charge in [0, 0.05) is 13.3 Å². The number of halogens is 1. The smallest absolute Gasteiger partial charge is 0.276 e. The van der Waals surface area contributed by atoms with Gasteiger partial charge in [0.1, 0.15) is 0 Å². The van der Waals surface area contributed by atoms with Crippen LogP contribution in [0, 0.1) is 0 Å².